The number of carbonyl (C=O) groups excluding carboxylic acids is 1. The van der Waals surface area contributed by atoms with E-state index >= 15 is 0 Å². The van der Waals surface area contributed by atoms with E-state index in [4.69, 9.17) is 0 Å². The van der Waals surface area contributed by atoms with E-state index < -0.39 is 4.87 Å². The van der Waals surface area contributed by atoms with E-state index in [1.54, 1.807) is 11.8 Å². The van der Waals surface area contributed by atoms with E-state index in [0.29, 0.717) is 0 Å². The van der Waals surface area contributed by atoms with Crippen molar-refractivity contribution in [1.29, 1.82) is 0 Å². The largest absolute Gasteiger partial charge is 0.359 e. The summed E-state index contributed by atoms with van der Waals surface area (Å²) in [7, 11) is 0. The van der Waals surface area contributed by atoms with Crippen molar-refractivity contribution in [2.45, 2.75) is 68.7 Å². The number of amides is 1. The van der Waals surface area contributed by atoms with Gasteiger partial charge in [-0.3, -0.25) is 9.69 Å². The zero-order valence-corrected chi connectivity index (χ0v) is 14.8. The summed E-state index contributed by atoms with van der Waals surface area (Å²) < 4.78 is 0. The number of carbonyl (C=O) groups is 1. The fraction of sp³-hybridized carbons (Fsp3) is 0.889. The van der Waals surface area contributed by atoms with Gasteiger partial charge < -0.3 is 5.32 Å². The number of amidine groups is 1. The Hall–Kier alpha value is -0.550. The molecule has 1 N–H and O–H groups in total. The Morgan fingerprint density at radius 2 is 1.65 bits per heavy atom. The van der Waals surface area contributed by atoms with Gasteiger partial charge in [0.05, 0.1) is 0 Å². The Kier molecular flexibility index (Phi) is 3.20. The van der Waals surface area contributed by atoms with Crippen molar-refractivity contribution in [3.05, 3.63) is 0 Å². The third-order valence-corrected chi connectivity index (χ3v) is 8.23. The summed E-state index contributed by atoms with van der Waals surface area (Å²) in [6.45, 7) is 4.15. The molecule has 4 saturated carbocycles. The van der Waals surface area contributed by atoms with Crippen molar-refractivity contribution < 1.29 is 4.79 Å². The number of hydrogen-bond acceptors (Lipinski definition) is 4. The van der Waals surface area contributed by atoms with Crippen LogP contribution in [0.4, 0.5) is 0 Å². The molecule has 0 spiro atoms. The molecule has 1 saturated heterocycles. The van der Waals surface area contributed by atoms with Gasteiger partial charge in [-0.15, -0.1) is 0 Å². The predicted molar refractivity (Wildman–Crippen MR) is 93.3 cm³/mol. The van der Waals surface area contributed by atoms with Crippen LogP contribution in [-0.4, -0.2) is 39.5 Å². The summed E-state index contributed by atoms with van der Waals surface area (Å²) in [5, 5.41) is 4.71. The predicted octanol–water partition coefficient (Wildman–Crippen LogP) is 2.99. The highest BCUT2D eigenvalue weighted by Crippen LogP contribution is 2.56. The zero-order chi connectivity index (χ0) is 15.7. The molecule has 0 aromatic carbocycles. The van der Waals surface area contributed by atoms with Crippen molar-refractivity contribution in [2.24, 2.45) is 22.7 Å². The highest BCUT2D eigenvalue weighted by atomic mass is 32.2. The molecule has 1 atom stereocenters. The van der Waals surface area contributed by atoms with E-state index in [2.05, 4.69) is 22.1 Å². The van der Waals surface area contributed by atoms with Gasteiger partial charge in [0.25, 0.3) is 5.91 Å². The third-order valence-electron chi connectivity index (χ3n) is 7.02. The Morgan fingerprint density at radius 1 is 1.09 bits per heavy atom. The molecule has 0 aromatic rings. The van der Waals surface area contributed by atoms with Crippen LogP contribution >= 0.6 is 11.8 Å². The minimum atomic E-state index is -0.457. The lowest BCUT2D eigenvalue weighted by Gasteiger charge is -2.57. The lowest BCUT2D eigenvalue weighted by molar-refractivity contribution is -0.123. The Bertz CT molecular complexity index is 533. The molecule has 2 heterocycles. The summed E-state index contributed by atoms with van der Waals surface area (Å²) in [4.78, 5) is 18.9. The SMILES string of the molecule is CC1(N2CCCC2)SC(NC23CC4CC(CC(C4)C2)C3)=NC1=O. The van der Waals surface area contributed by atoms with Crippen molar-refractivity contribution in [3.63, 3.8) is 0 Å². The number of nitrogens with zero attached hydrogens (tertiary/aromatic N) is 2. The molecule has 126 valence electrons. The minimum absolute atomic E-state index is 0.0524. The normalized spacial score (nSPS) is 49.0. The van der Waals surface area contributed by atoms with Gasteiger partial charge in [-0.1, -0.05) is 11.8 Å². The van der Waals surface area contributed by atoms with E-state index in [1.807, 2.05) is 0 Å². The number of likely N-dealkylation sites (tertiary alicyclic amines) is 1. The van der Waals surface area contributed by atoms with Crippen LogP contribution in [0, 0.1) is 17.8 Å². The molecule has 2 aliphatic heterocycles. The molecule has 1 amide bonds. The maximum atomic E-state index is 12.6. The average molecular weight is 334 g/mol. The smallest absolute Gasteiger partial charge is 0.279 e. The maximum Gasteiger partial charge on any atom is 0.279 e. The van der Waals surface area contributed by atoms with Crippen LogP contribution in [0.15, 0.2) is 4.99 Å². The first-order chi connectivity index (χ1) is 11.0. The molecule has 23 heavy (non-hydrogen) atoms. The lowest BCUT2D eigenvalue weighted by atomic mass is 9.53. The second-order valence-corrected chi connectivity index (χ2v) is 10.2. The Morgan fingerprint density at radius 3 is 2.22 bits per heavy atom. The number of hydrogen-bond donors (Lipinski definition) is 1. The molecule has 0 radical (unpaired) electrons. The van der Waals surface area contributed by atoms with Crippen molar-refractivity contribution in [2.75, 3.05) is 13.1 Å². The minimum Gasteiger partial charge on any atom is -0.359 e. The number of thioether (sulfide) groups is 1. The first kappa shape index (κ1) is 14.8. The second kappa shape index (κ2) is 4.98. The molecular weight excluding hydrogens is 306 g/mol. The summed E-state index contributed by atoms with van der Waals surface area (Å²) in [5.41, 5.74) is 0.247. The first-order valence-corrected chi connectivity index (χ1v) is 10.2. The summed E-state index contributed by atoms with van der Waals surface area (Å²) >= 11 is 1.68. The standard InChI is InChI=1S/C18H27N3OS/c1-17(21-4-2-3-5-21)15(22)19-16(23-17)20-18-9-12-6-13(10-18)8-14(7-12)11-18/h12-14H,2-11H2,1H3,(H,19,20,22). The van der Waals surface area contributed by atoms with Crippen LogP contribution in [-0.2, 0) is 4.79 Å². The van der Waals surface area contributed by atoms with Gasteiger partial charge in [0.15, 0.2) is 10.0 Å². The summed E-state index contributed by atoms with van der Waals surface area (Å²) in [5.74, 6) is 2.81. The molecule has 6 aliphatic rings. The van der Waals surface area contributed by atoms with Gasteiger partial charge in [0, 0.05) is 5.54 Å². The molecule has 6 rings (SSSR count). The van der Waals surface area contributed by atoms with Gasteiger partial charge in [-0.25, -0.2) is 0 Å². The highest BCUT2D eigenvalue weighted by Gasteiger charge is 2.53. The van der Waals surface area contributed by atoms with Crippen molar-refractivity contribution in [1.82, 2.24) is 10.2 Å². The molecule has 4 aliphatic carbocycles. The van der Waals surface area contributed by atoms with E-state index in [9.17, 15) is 4.79 Å². The van der Waals surface area contributed by atoms with E-state index in [1.165, 1.54) is 51.4 Å². The van der Waals surface area contributed by atoms with Crippen molar-refractivity contribution >= 4 is 22.8 Å². The molecule has 5 fully saturated rings. The molecule has 4 nitrogen and oxygen atoms in total. The quantitative estimate of drug-likeness (QED) is 0.844. The molecular formula is C18H27N3OS. The van der Waals surface area contributed by atoms with Gasteiger partial charge in [0.2, 0.25) is 0 Å². The maximum absolute atomic E-state index is 12.6. The van der Waals surface area contributed by atoms with Crippen LogP contribution in [0.1, 0.15) is 58.3 Å². The fourth-order valence-corrected chi connectivity index (χ4v) is 7.56. The van der Waals surface area contributed by atoms with Gasteiger partial charge in [-0.05, 0) is 89.1 Å². The topological polar surface area (TPSA) is 44.7 Å². The zero-order valence-electron chi connectivity index (χ0n) is 14.0. The number of nitrogens with one attached hydrogen (secondary N) is 1. The number of rotatable bonds is 2. The summed E-state index contributed by atoms with van der Waals surface area (Å²) in [6.07, 6.45) is 10.7. The average Bonchev–Trinajstić information content (AvgIpc) is 3.07. The van der Waals surface area contributed by atoms with E-state index in [0.717, 1.165) is 36.0 Å². The molecule has 0 aromatic heterocycles. The fourth-order valence-electron chi connectivity index (χ4n) is 6.34. The highest BCUT2D eigenvalue weighted by molar-refractivity contribution is 8.16. The summed E-state index contributed by atoms with van der Waals surface area (Å²) in [6, 6.07) is 0. The van der Waals surface area contributed by atoms with Gasteiger partial charge in [-0.2, -0.15) is 4.99 Å². The lowest BCUT2D eigenvalue weighted by Crippen LogP contribution is -2.59. The van der Waals surface area contributed by atoms with E-state index in [-0.39, 0.29) is 11.4 Å². The molecule has 1 unspecified atom stereocenters. The second-order valence-electron chi connectivity index (χ2n) is 8.82. The van der Waals surface area contributed by atoms with Crippen molar-refractivity contribution in [3.8, 4) is 0 Å². The molecule has 4 bridgehead atoms. The Labute approximate surface area is 142 Å². The van der Waals surface area contributed by atoms with Crippen LogP contribution in [0.25, 0.3) is 0 Å². The van der Waals surface area contributed by atoms with Crippen LogP contribution in [0.5, 0.6) is 0 Å². The third kappa shape index (κ3) is 2.30. The van der Waals surface area contributed by atoms with Crippen LogP contribution in [0.2, 0.25) is 0 Å². The van der Waals surface area contributed by atoms with Gasteiger partial charge >= 0.3 is 0 Å². The first-order valence-electron chi connectivity index (χ1n) is 9.40. The number of aliphatic imine (C=N–C) groups is 1. The molecule has 5 heteroatoms. The van der Waals surface area contributed by atoms with Gasteiger partial charge in [0.1, 0.15) is 0 Å². The van der Waals surface area contributed by atoms with Crippen LogP contribution < -0.4 is 5.32 Å². The Balaban J connectivity index is 1.34. The monoisotopic (exact) mass is 333 g/mol. The van der Waals surface area contributed by atoms with Crippen LogP contribution in [0.3, 0.4) is 0 Å².